The van der Waals surface area contributed by atoms with Crippen molar-refractivity contribution >= 4 is 17.5 Å². The summed E-state index contributed by atoms with van der Waals surface area (Å²) >= 11 is 5.91. The Kier molecular flexibility index (Phi) is 4.27. The van der Waals surface area contributed by atoms with Gasteiger partial charge in [0.2, 0.25) is 5.91 Å². The lowest BCUT2D eigenvalue weighted by Crippen LogP contribution is -2.43. The van der Waals surface area contributed by atoms with Crippen LogP contribution in [0.15, 0.2) is 24.3 Å². The summed E-state index contributed by atoms with van der Waals surface area (Å²) < 4.78 is 0. The number of nitrogens with one attached hydrogen (secondary N) is 1. The summed E-state index contributed by atoms with van der Waals surface area (Å²) in [6.45, 7) is 2.86. The molecule has 20 heavy (non-hydrogen) atoms. The van der Waals surface area contributed by atoms with E-state index in [0.29, 0.717) is 6.04 Å². The summed E-state index contributed by atoms with van der Waals surface area (Å²) in [5.41, 5.74) is 1.26. The van der Waals surface area contributed by atoms with Crippen LogP contribution in [0.1, 0.15) is 31.2 Å². The number of likely N-dealkylation sites (tertiary alicyclic amines) is 1. The molecule has 108 valence electrons. The van der Waals surface area contributed by atoms with E-state index in [4.69, 9.17) is 11.6 Å². The summed E-state index contributed by atoms with van der Waals surface area (Å²) in [6, 6.07) is 8.46. The highest BCUT2D eigenvalue weighted by molar-refractivity contribution is 6.30. The van der Waals surface area contributed by atoms with Gasteiger partial charge in [-0.05, 0) is 49.9 Å². The van der Waals surface area contributed by atoms with Crippen LogP contribution >= 0.6 is 11.6 Å². The molecule has 1 saturated carbocycles. The van der Waals surface area contributed by atoms with E-state index in [-0.39, 0.29) is 11.8 Å². The number of carbonyl (C=O) groups is 1. The van der Waals surface area contributed by atoms with E-state index in [1.807, 2.05) is 12.1 Å². The molecule has 2 aliphatic rings. The molecule has 0 unspecified atom stereocenters. The minimum absolute atomic E-state index is 0.164. The van der Waals surface area contributed by atoms with E-state index >= 15 is 0 Å². The molecule has 1 aromatic rings. The van der Waals surface area contributed by atoms with Crippen molar-refractivity contribution < 1.29 is 4.79 Å². The first-order valence-corrected chi connectivity index (χ1v) is 7.86. The van der Waals surface area contributed by atoms with Gasteiger partial charge in [-0.3, -0.25) is 9.69 Å². The van der Waals surface area contributed by atoms with Crippen LogP contribution in [-0.2, 0) is 11.3 Å². The first-order valence-electron chi connectivity index (χ1n) is 7.48. The molecule has 3 nitrogen and oxygen atoms in total. The maximum Gasteiger partial charge on any atom is 0.224 e. The quantitative estimate of drug-likeness (QED) is 0.925. The molecular weight excluding hydrogens is 272 g/mol. The lowest BCUT2D eigenvalue weighted by Gasteiger charge is -2.32. The Hall–Kier alpha value is -1.06. The normalized spacial score (nSPS) is 23.6. The molecule has 1 aliphatic heterocycles. The lowest BCUT2D eigenvalue weighted by molar-refractivity contribution is -0.126. The van der Waals surface area contributed by atoms with Crippen molar-refractivity contribution in [2.24, 2.45) is 5.92 Å². The molecule has 1 N–H and O–H groups in total. The van der Waals surface area contributed by atoms with Crippen LogP contribution in [-0.4, -0.2) is 29.9 Å². The number of carbonyl (C=O) groups excluding carboxylic acids is 1. The third-order valence-electron chi connectivity index (χ3n) is 4.12. The second kappa shape index (κ2) is 6.15. The molecule has 3 rings (SSSR count). The van der Waals surface area contributed by atoms with Gasteiger partial charge in [0.1, 0.15) is 0 Å². The number of amides is 1. The maximum atomic E-state index is 12.1. The highest BCUT2D eigenvalue weighted by atomic mass is 35.5. The van der Waals surface area contributed by atoms with Crippen molar-refractivity contribution in [3.8, 4) is 0 Å². The van der Waals surface area contributed by atoms with Crippen molar-refractivity contribution in [1.29, 1.82) is 0 Å². The number of benzene rings is 1. The zero-order valence-corrected chi connectivity index (χ0v) is 12.4. The summed E-state index contributed by atoms with van der Waals surface area (Å²) in [4.78, 5) is 14.5. The largest absolute Gasteiger partial charge is 0.353 e. The molecule has 1 saturated heterocycles. The highest BCUT2D eigenvalue weighted by Crippen LogP contribution is 2.23. The SMILES string of the molecule is O=C(NC1CC1)[C@@H]1CCCN(Cc2ccc(Cl)cc2)C1. The monoisotopic (exact) mass is 292 g/mol. The zero-order valence-electron chi connectivity index (χ0n) is 11.6. The third-order valence-corrected chi connectivity index (χ3v) is 4.37. The molecule has 0 spiro atoms. The van der Waals surface area contributed by atoms with Crippen LogP contribution in [0.4, 0.5) is 0 Å². The van der Waals surface area contributed by atoms with Crippen molar-refractivity contribution in [2.45, 2.75) is 38.3 Å². The first kappa shape index (κ1) is 13.9. The molecule has 1 heterocycles. The van der Waals surface area contributed by atoms with Gasteiger partial charge >= 0.3 is 0 Å². The lowest BCUT2D eigenvalue weighted by atomic mass is 9.96. The van der Waals surface area contributed by atoms with Gasteiger partial charge in [-0.1, -0.05) is 23.7 Å². The molecule has 0 radical (unpaired) electrons. The summed E-state index contributed by atoms with van der Waals surface area (Å²) in [5.74, 6) is 0.421. The molecule has 1 atom stereocenters. The zero-order chi connectivity index (χ0) is 13.9. The average molecular weight is 293 g/mol. The van der Waals surface area contributed by atoms with E-state index in [2.05, 4.69) is 22.3 Å². The number of hydrogen-bond donors (Lipinski definition) is 1. The average Bonchev–Trinajstić information content (AvgIpc) is 3.26. The fourth-order valence-electron chi connectivity index (χ4n) is 2.81. The van der Waals surface area contributed by atoms with Crippen LogP contribution in [0.25, 0.3) is 0 Å². The van der Waals surface area contributed by atoms with Crippen LogP contribution < -0.4 is 5.32 Å². The Morgan fingerprint density at radius 1 is 1.25 bits per heavy atom. The van der Waals surface area contributed by atoms with Gasteiger partial charge in [-0.15, -0.1) is 0 Å². The number of hydrogen-bond acceptors (Lipinski definition) is 2. The minimum atomic E-state index is 0.164. The molecule has 1 aromatic carbocycles. The Balaban J connectivity index is 1.54. The number of rotatable bonds is 4. The Morgan fingerprint density at radius 2 is 2.00 bits per heavy atom. The molecule has 4 heteroatoms. The van der Waals surface area contributed by atoms with Crippen LogP contribution in [0.5, 0.6) is 0 Å². The number of halogens is 1. The van der Waals surface area contributed by atoms with Gasteiger partial charge in [0.05, 0.1) is 5.92 Å². The molecule has 1 aliphatic carbocycles. The first-order chi connectivity index (χ1) is 9.70. The second-order valence-electron chi connectivity index (χ2n) is 5.98. The van der Waals surface area contributed by atoms with Gasteiger partial charge in [-0.25, -0.2) is 0 Å². The van der Waals surface area contributed by atoms with Gasteiger partial charge in [0, 0.05) is 24.2 Å². The third kappa shape index (κ3) is 3.74. The maximum absolute atomic E-state index is 12.1. The van der Waals surface area contributed by atoms with Crippen molar-refractivity contribution in [3.05, 3.63) is 34.9 Å². The molecular formula is C16H21ClN2O. The van der Waals surface area contributed by atoms with Crippen LogP contribution in [0.3, 0.4) is 0 Å². The van der Waals surface area contributed by atoms with E-state index in [0.717, 1.165) is 50.3 Å². The second-order valence-corrected chi connectivity index (χ2v) is 6.42. The summed E-state index contributed by atoms with van der Waals surface area (Å²) in [6.07, 6.45) is 4.45. The van der Waals surface area contributed by atoms with Crippen LogP contribution in [0.2, 0.25) is 5.02 Å². The van der Waals surface area contributed by atoms with Gasteiger partial charge in [0.15, 0.2) is 0 Å². The van der Waals surface area contributed by atoms with Crippen molar-refractivity contribution in [2.75, 3.05) is 13.1 Å². The smallest absolute Gasteiger partial charge is 0.224 e. The number of piperidine rings is 1. The van der Waals surface area contributed by atoms with Crippen LogP contribution in [0, 0.1) is 5.92 Å². The van der Waals surface area contributed by atoms with E-state index < -0.39 is 0 Å². The summed E-state index contributed by atoms with van der Waals surface area (Å²) in [5, 5.41) is 3.90. The van der Waals surface area contributed by atoms with Crippen molar-refractivity contribution in [1.82, 2.24) is 10.2 Å². The molecule has 0 aromatic heterocycles. The molecule has 0 bridgehead atoms. The van der Waals surface area contributed by atoms with E-state index in [1.165, 1.54) is 5.56 Å². The standard InChI is InChI=1S/C16H21ClN2O/c17-14-5-3-12(4-6-14)10-19-9-1-2-13(11-19)16(20)18-15-7-8-15/h3-6,13,15H,1-2,7-11H2,(H,18,20)/t13-/m1/s1. The van der Waals surface area contributed by atoms with E-state index in [1.54, 1.807) is 0 Å². The van der Waals surface area contributed by atoms with Gasteiger partial charge < -0.3 is 5.32 Å². The fraction of sp³-hybridized carbons (Fsp3) is 0.562. The van der Waals surface area contributed by atoms with Gasteiger partial charge in [-0.2, -0.15) is 0 Å². The molecule has 2 fully saturated rings. The van der Waals surface area contributed by atoms with Gasteiger partial charge in [0.25, 0.3) is 0 Å². The summed E-state index contributed by atoms with van der Waals surface area (Å²) in [7, 11) is 0. The Bertz CT molecular complexity index is 470. The number of nitrogens with zero attached hydrogens (tertiary/aromatic N) is 1. The predicted molar refractivity (Wildman–Crippen MR) is 80.6 cm³/mol. The fourth-order valence-corrected chi connectivity index (χ4v) is 2.93. The Labute approximate surface area is 125 Å². The predicted octanol–water partition coefficient (Wildman–Crippen LogP) is 2.83. The van der Waals surface area contributed by atoms with E-state index in [9.17, 15) is 4.79 Å². The Morgan fingerprint density at radius 3 is 2.70 bits per heavy atom. The topological polar surface area (TPSA) is 32.3 Å². The highest BCUT2D eigenvalue weighted by Gasteiger charge is 2.30. The van der Waals surface area contributed by atoms with Crippen molar-refractivity contribution in [3.63, 3.8) is 0 Å². The molecule has 1 amide bonds. The minimum Gasteiger partial charge on any atom is -0.353 e.